The molecule has 31 heavy (non-hydrogen) atoms. The van der Waals surface area contributed by atoms with Crippen LogP contribution < -0.4 is 10.6 Å². The van der Waals surface area contributed by atoms with Crippen LogP contribution in [0.25, 0.3) is 0 Å². The van der Waals surface area contributed by atoms with Crippen molar-refractivity contribution in [2.24, 2.45) is 5.92 Å². The van der Waals surface area contributed by atoms with Gasteiger partial charge in [-0.25, -0.2) is 9.18 Å². The van der Waals surface area contributed by atoms with Crippen LogP contribution in [0.4, 0.5) is 4.39 Å². The van der Waals surface area contributed by atoms with E-state index in [0.29, 0.717) is 0 Å². The number of benzene rings is 1. The molecule has 0 aliphatic rings. The molecule has 0 fully saturated rings. The highest BCUT2D eigenvalue weighted by Crippen LogP contribution is 2.16. The molecule has 0 unspecified atom stereocenters. The van der Waals surface area contributed by atoms with Crippen molar-refractivity contribution in [1.82, 2.24) is 10.6 Å². The van der Waals surface area contributed by atoms with Crippen LogP contribution in [-0.4, -0.2) is 63.1 Å². The third kappa shape index (κ3) is 7.68. The van der Waals surface area contributed by atoms with E-state index in [0.717, 1.165) is 28.3 Å². The number of carbonyl (C=O) groups excluding carboxylic acids is 5. The van der Waals surface area contributed by atoms with Gasteiger partial charge in [0.1, 0.15) is 17.9 Å². The largest absolute Gasteiger partial charge is 0.469 e. The quantitative estimate of drug-likeness (QED) is 0.380. The van der Waals surface area contributed by atoms with Crippen molar-refractivity contribution in [2.75, 3.05) is 21.3 Å². The van der Waals surface area contributed by atoms with E-state index in [2.05, 4.69) is 24.8 Å². The summed E-state index contributed by atoms with van der Waals surface area (Å²) in [5, 5.41) is 4.67. The molecule has 0 radical (unpaired) electrons. The highest BCUT2D eigenvalue weighted by Gasteiger charge is 2.39. The van der Waals surface area contributed by atoms with Crippen molar-refractivity contribution < 1.29 is 42.6 Å². The molecule has 1 rings (SSSR count). The number of rotatable bonds is 10. The van der Waals surface area contributed by atoms with Gasteiger partial charge in [0.15, 0.2) is 0 Å². The Morgan fingerprint density at radius 3 is 2.06 bits per heavy atom. The van der Waals surface area contributed by atoms with Crippen LogP contribution in [0.15, 0.2) is 24.3 Å². The summed E-state index contributed by atoms with van der Waals surface area (Å²) in [6.45, 7) is 1.16. The molecule has 0 heterocycles. The summed E-state index contributed by atoms with van der Waals surface area (Å²) in [6.07, 6.45) is -0.812. The summed E-state index contributed by atoms with van der Waals surface area (Å²) >= 11 is 0. The lowest BCUT2D eigenvalue weighted by Crippen LogP contribution is -2.56. The molecule has 0 aromatic heterocycles. The number of nitrogens with one attached hydrogen (secondary N) is 2. The first-order chi connectivity index (χ1) is 14.6. The molecule has 0 spiro atoms. The molecule has 0 saturated heterocycles. The molecule has 0 saturated carbocycles. The minimum Gasteiger partial charge on any atom is -0.469 e. The molecular weight excluding hydrogens is 415 g/mol. The van der Waals surface area contributed by atoms with Gasteiger partial charge >= 0.3 is 17.9 Å². The zero-order valence-corrected chi connectivity index (χ0v) is 17.6. The monoisotopic (exact) mass is 440 g/mol. The van der Waals surface area contributed by atoms with E-state index < -0.39 is 60.0 Å². The van der Waals surface area contributed by atoms with E-state index in [4.69, 9.17) is 0 Å². The third-order valence-corrected chi connectivity index (χ3v) is 4.35. The molecule has 1 aromatic carbocycles. The van der Waals surface area contributed by atoms with Crippen molar-refractivity contribution in [2.45, 2.75) is 31.8 Å². The summed E-state index contributed by atoms with van der Waals surface area (Å²) < 4.78 is 27.8. The minimum absolute atomic E-state index is 0.144. The van der Waals surface area contributed by atoms with Gasteiger partial charge in [0.25, 0.3) is 0 Å². The average molecular weight is 440 g/mol. The van der Waals surface area contributed by atoms with Gasteiger partial charge in [0.2, 0.25) is 11.8 Å². The maximum absolute atomic E-state index is 14.0. The first kappa shape index (κ1) is 25.5. The Kier molecular flexibility index (Phi) is 10.1. The molecule has 10 nitrogen and oxygen atoms in total. The molecule has 0 aliphatic heterocycles. The Morgan fingerprint density at radius 2 is 1.55 bits per heavy atom. The van der Waals surface area contributed by atoms with Crippen molar-refractivity contribution in [1.29, 1.82) is 0 Å². The lowest BCUT2D eigenvalue weighted by atomic mass is 9.95. The van der Waals surface area contributed by atoms with Crippen molar-refractivity contribution in [3.05, 3.63) is 35.6 Å². The maximum atomic E-state index is 14.0. The summed E-state index contributed by atoms with van der Waals surface area (Å²) in [7, 11) is 3.16. The van der Waals surface area contributed by atoms with Gasteiger partial charge in [0, 0.05) is 13.3 Å². The second-order valence-electron chi connectivity index (χ2n) is 6.47. The van der Waals surface area contributed by atoms with Crippen molar-refractivity contribution >= 4 is 29.7 Å². The zero-order chi connectivity index (χ0) is 23.6. The summed E-state index contributed by atoms with van der Waals surface area (Å²) in [4.78, 5) is 60.6. The SMILES string of the molecule is COC(=O)C[C@@H](C(=O)OC)[C@@H](NC(=O)[C@H](Cc1ccccc1F)NC(C)=O)C(=O)OC. The predicted molar refractivity (Wildman–Crippen MR) is 104 cm³/mol. The van der Waals surface area contributed by atoms with E-state index >= 15 is 0 Å². The molecule has 0 aliphatic carbocycles. The Balaban J connectivity index is 3.20. The summed E-state index contributed by atoms with van der Waals surface area (Å²) in [5.74, 6) is -6.35. The van der Waals surface area contributed by atoms with E-state index in [1.807, 2.05) is 0 Å². The Bertz CT molecular complexity index is 829. The number of amides is 2. The first-order valence-corrected chi connectivity index (χ1v) is 9.17. The van der Waals surface area contributed by atoms with Gasteiger partial charge < -0.3 is 24.8 Å². The van der Waals surface area contributed by atoms with Crippen LogP contribution >= 0.6 is 0 Å². The fourth-order valence-electron chi connectivity index (χ4n) is 2.79. The van der Waals surface area contributed by atoms with Crippen LogP contribution in [0.2, 0.25) is 0 Å². The molecule has 11 heteroatoms. The standard InChI is InChI=1S/C20H25FN2O8/c1-11(24)22-15(9-12-7-5-6-8-14(12)21)18(26)23-17(20(28)31-4)13(19(27)30-3)10-16(25)29-2/h5-8,13,15,17H,9-10H2,1-4H3,(H,22,24)(H,23,26)/t13-,15+,17-/m1/s1. The Hall–Kier alpha value is -3.50. The van der Waals surface area contributed by atoms with Crippen LogP contribution in [0.3, 0.4) is 0 Å². The Morgan fingerprint density at radius 1 is 0.935 bits per heavy atom. The molecule has 2 N–H and O–H groups in total. The number of carbonyl (C=O) groups is 5. The third-order valence-electron chi connectivity index (χ3n) is 4.35. The number of ether oxygens (including phenoxy) is 3. The summed E-state index contributed by atoms with van der Waals surface area (Å²) in [5.41, 5.74) is 0.144. The second-order valence-corrected chi connectivity index (χ2v) is 6.47. The lowest BCUT2D eigenvalue weighted by Gasteiger charge is -2.26. The number of methoxy groups -OCH3 is 3. The lowest BCUT2D eigenvalue weighted by molar-refractivity contribution is -0.159. The van der Waals surface area contributed by atoms with Gasteiger partial charge in [-0.1, -0.05) is 18.2 Å². The smallest absolute Gasteiger partial charge is 0.329 e. The van der Waals surface area contributed by atoms with E-state index in [-0.39, 0.29) is 12.0 Å². The van der Waals surface area contributed by atoms with E-state index in [9.17, 15) is 28.4 Å². The second kappa shape index (κ2) is 12.3. The van der Waals surface area contributed by atoms with Gasteiger partial charge in [-0.05, 0) is 11.6 Å². The van der Waals surface area contributed by atoms with E-state index in [1.165, 1.54) is 18.2 Å². The van der Waals surface area contributed by atoms with Crippen LogP contribution in [0, 0.1) is 11.7 Å². The first-order valence-electron chi connectivity index (χ1n) is 9.17. The fourth-order valence-corrected chi connectivity index (χ4v) is 2.79. The maximum Gasteiger partial charge on any atom is 0.329 e. The van der Waals surface area contributed by atoms with Crippen molar-refractivity contribution in [3.63, 3.8) is 0 Å². The highest BCUT2D eigenvalue weighted by atomic mass is 19.1. The molecule has 2 amide bonds. The molecule has 3 atom stereocenters. The van der Waals surface area contributed by atoms with Gasteiger partial charge in [-0.3, -0.25) is 19.2 Å². The average Bonchev–Trinajstić information content (AvgIpc) is 2.75. The number of halogens is 1. The fraction of sp³-hybridized carbons (Fsp3) is 0.450. The van der Waals surface area contributed by atoms with Crippen LogP contribution in [0.1, 0.15) is 18.9 Å². The Labute approximate surface area is 178 Å². The molecule has 170 valence electrons. The van der Waals surface area contributed by atoms with Crippen molar-refractivity contribution in [3.8, 4) is 0 Å². The predicted octanol–water partition coefficient (Wildman–Crippen LogP) is -0.117. The number of hydrogen-bond acceptors (Lipinski definition) is 8. The molecule has 0 bridgehead atoms. The number of hydrogen-bond donors (Lipinski definition) is 2. The van der Waals surface area contributed by atoms with Crippen LogP contribution in [0.5, 0.6) is 0 Å². The number of esters is 3. The zero-order valence-electron chi connectivity index (χ0n) is 17.6. The highest BCUT2D eigenvalue weighted by molar-refractivity contribution is 5.94. The van der Waals surface area contributed by atoms with Gasteiger partial charge in [0.05, 0.1) is 33.7 Å². The topological polar surface area (TPSA) is 137 Å². The normalized spacial score (nSPS) is 13.2. The molecule has 1 aromatic rings. The minimum atomic E-state index is -1.62. The summed E-state index contributed by atoms with van der Waals surface area (Å²) in [6, 6.07) is 2.75. The molecular formula is C20H25FN2O8. The van der Waals surface area contributed by atoms with Crippen LogP contribution in [-0.2, 0) is 44.6 Å². The van der Waals surface area contributed by atoms with E-state index in [1.54, 1.807) is 6.07 Å². The van der Waals surface area contributed by atoms with Gasteiger partial charge in [-0.2, -0.15) is 0 Å². The van der Waals surface area contributed by atoms with Gasteiger partial charge in [-0.15, -0.1) is 0 Å².